The van der Waals surface area contributed by atoms with E-state index in [9.17, 15) is 10.1 Å². The fourth-order valence-corrected chi connectivity index (χ4v) is 4.15. The number of rotatable bonds is 8. The molecule has 1 saturated carbocycles. The van der Waals surface area contributed by atoms with Gasteiger partial charge >= 0.3 is 0 Å². The Balaban J connectivity index is 1.69. The maximum atomic E-state index is 12.5. The van der Waals surface area contributed by atoms with Crippen LogP contribution >= 0.6 is 11.3 Å². The summed E-state index contributed by atoms with van der Waals surface area (Å²) in [6, 6.07) is 14.9. The number of nitrogens with one attached hydrogen (secondary N) is 2. The lowest BCUT2D eigenvalue weighted by Gasteiger charge is -2.24. The average molecular weight is 382 g/mol. The van der Waals surface area contributed by atoms with Crippen LogP contribution in [0.2, 0.25) is 0 Å². The van der Waals surface area contributed by atoms with Crippen LogP contribution in [0.15, 0.2) is 41.8 Å². The van der Waals surface area contributed by atoms with Crippen molar-refractivity contribution in [2.75, 3.05) is 6.54 Å². The molecule has 2 atom stereocenters. The SMILES string of the molecule is CC(C)c1ccc([C@H](NCC(=O)N[C@@](C)(C#N)C2CC2)c2cccs2)cc1. The van der Waals surface area contributed by atoms with Gasteiger partial charge in [0.05, 0.1) is 18.7 Å². The van der Waals surface area contributed by atoms with Gasteiger partial charge in [0.25, 0.3) is 0 Å². The molecule has 1 aromatic carbocycles. The van der Waals surface area contributed by atoms with Gasteiger partial charge in [-0.05, 0) is 54.2 Å². The van der Waals surface area contributed by atoms with Crippen molar-refractivity contribution in [2.24, 2.45) is 5.92 Å². The number of amides is 1. The minimum Gasteiger partial charge on any atom is -0.337 e. The van der Waals surface area contributed by atoms with Crippen molar-refractivity contribution in [1.29, 1.82) is 5.26 Å². The summed E-state index contributed by atoms with van der Waals surface area (Å²) >= 11 is 1.67. The predicted molar refractivity (Wildman–Crippen MR) is 110 cm³/mol. The van der Waals surface area contributed by atoms with Gasteiger partial charge in [0, 0.05) is 4.88 Å². The molecule has 1 amide bonds. The van der Waals surface area contributed by atoms with Crippen molar-refractivity contribution in [3.63, 3.8) is 0 Å². The second-order valence-corrected chi connectivity index (χ2v) is 8.77. The quantitative estimate of drug-likeness (QED) is 0.714. The summed E-state index contributed by atoms with van der Waals surface area (Å²) in [5, 5.41) is 17.8. The Kier molecular flexibility index (Phi) is 5.98. The summed E-state index contributed by atoms with van der Waals surface area (Å²) in [5.74, 6) is 0.637. The van der Waals surface area contributed by atoms with Crippen LogP contribution in [0.25, 0.3) is 0 Å². The molecular weight excluding hydrogens is 354 g/mol. The number of nitriles is 1. The molecule has 0 aliphatic heterocycles. The van der Waals surface area contributed by atoms with Crippen molar-refractivity contribution in [2.45, 2.75) is 51.1 Å². The molecule has 1 aromatic heterocycles. The topological polar surface area (TPSA) is 64.9 Å². The van der Waals surface area contributed by atoms with Crippen LogP contribution in [0.3, 0.4) is 0 Å². The normalized spacial score (nSPS) is 17.1. The highest BCUT2D eigenvalue weighted by Crippen LogP contribution is 2.39. The van der Waals surface area contributed by atoms with Crippen LogP contribution in [-0.4, -0.2) is 18.0 Å². The number of carbonyl (C=O) groups is 1. The van der Waals surface area contributed by atoms with Gasteiger partial charge in [0.15, 0.2) is 0 Å². The first-order valence-corrected chi connectivity index (χ1v) is 10.4. The molecule has 0 spiro atoms. The average Bonchev–Trinajstić information content (AvgIpc) is 3.39. The number of hydrogen-bond donors (Lipinski definition) is 2. The summed E-state index contributed by atoms with van der Waals surface area (Å²) in [5.41, 5.74) is 1.69. The summed E-state index contributed by atoms with van der Waals surface area (Å²) in [4.78, 5) is 13.6. The lowest BCUT2D eigenvalue weighted by Crippen LogP contribution is -2.49. The van der Waals surface area contributed by atoms with Gasteiger partial charge in [-0.3, -0.25) is 10.1 Å². The maximum absolute atomic E-state index is 12.5. The molecule has 3 rings (SSSR count). The molecule has 142 valence electrons. The van der Waals surface area contributed by atoms with Crippen LogP contribution in [-0.2, 0) is 4.79 Å². The zero-order valence-electron chi connectivity index (χ0n) is 16.2. The van der Waals surface area contributed by atoms with Crippen molar-refractivity contribution in [3.05, 3.63) is 57.8 Å². The van der Waals surface area contributed by atoms with E-state index in [2.05, 4.69) is 60.9 Å². The van der Waals surface area contributed by atoms with E-state index in [0.717, 1.165) is 18.4 Å². The van der Waals surface area contributed by atoms with E-state index in [4.69, 9.17) is 0 Å². The smallest absolute Gasteiger partial charge is 0.235 e. The third-order valence-corrected chi connectivity index (χ3v) is 6.19. The molecule has 2 N–H and O–H groups in total. The molecule has 1 fully saturated rings. The second-order valence-electron chi connectivity index (χ2n) is 7.79. The van der Waals surface area contributed by atoms with E-state index in [1.54, 1.807) is 11.3 Å². The number of thiophene rings is 1. The Bertz CT molecular complexity index is 803. The van der Waals surface area contributed by atoms with E-state index in [1.807, 2.05) is 18.4 Å². The fourth-order valence-electron chi connectivity index (χ4n) is 3.32. The van der Waals surface area contributed by atoms with Crippen LogP contribution in [0.5, 0.6) is 0 Å². The van der Waals surface area contributed by atoms with E-state index >= 15 is 0 Å². The minimum atomic E-state index is -0.754. The monoisotopic (exact) mass is 381 g/mol. The molecule has 0 radical (unpaired) electrons. The summed E-state index contributed by atoms with van der Waals surface area (Å²) in [6.45, 7) is 6.36. The molecule has 1 aliphatic carbocycles. The molecule has 27 heavy (non-hydrogen) atoms. The van der Waals surface area contributed by atoms with Gasteiger partial charge in [-0.25, -0.2) is 0 Å². The Morgan fingerprint density at radius 3 is 2.44 bits per heavy atom. The third kappa shape index (κ3) is 4.77. The van der Waals surface area contributed by atoms with Gasteiger partial charge in [0.2, 0.25) is 5.91 Å². The molecule has 4 nitrogen and oxygen atoms in total. The maximum Gasteiger partial charge on any atom is 0.235 e. The van der Waals surface area contributed by atoms with Crippen LogP contribution in [0.4, 0.5) is 0 Å². The third-order valence-electron chi connectivity index (χ3n) is 5.26. The Labute approximate surface area is 165 Å². The number of carbonyl (C=O) groups excluding carboxylic acids is 1. The number of nitrogens with zero attached hydrogens (tertiary/aromatic N) is 1. The highest BCUT2D eigenvalue weighted by Gasteiger charge is 2.42. The minimum absolute atomic E-state index is 0.0359. The zero-order valence-corrected chi connectivity index (χ0v) is 17.0. The van der Waals surface area contributed by atoms with Crippen molar-refractivity contribution in [3.8, 4) is 6.07 Å². The number of hydrogen-bond acceptors (Lipinski definition) is 4. The first kappa shape index (κ1) is 19.6. The van der Waals surface area contributed by atoms with Crippen molar-refractivity contribution in [1.82, 2.24) is 10.6 Å². The van der Waals surface area contributed by atoms with E-state index in [-0.39, 0.29) is 24.4 Å². The van der Waals surface area contributed by atoms with Crippen LogP contribution in [0, 0.1) is 17.2 Å². The van der Waals surface area contributed by atoms with Crippen molar-refractivity contribution >= 4 is 17.2 Å². The van der Waals surface area contributed by atoms with Gasteiger partial charge in [-0.2, -0.15) is 5.26 Å². The standard InChI is InChI=1S/C22H27N3OS/c1-15(2)16-6-8-17(9-7-16)21(19-5-4-12-27-19)24-13-20(26)25-22(3,14-23)18-10-11-18/h4-9,12,15,18,21,24H,10-11,13H2,1-3H3,(H,25,26)/t21-,22-/m0/s1. The first-order valence-electron chi connectivity index (χ1n) is 9.52. The molecule has 0 unspecified atom stereocenters. The molecule has 1 heterocycles. The molecule has 2 aromatic rings. The lowest BCUT2D eigenvalue weighted by atomic mass is 9.97. The van der Waals surface area contributed by atoms with Crippen LogP contribution in [0.1, 0.15) is 61.6 Å². The second kappa shape index (κ2) is 8.24. The van der Waals surface area contributed by atoms with Crippen molar-refractivity contribution < 1.29 is 4.79 Å². The van der Waals surface area contributed by atoms with E-state index in [0.29, 0.717) is 5.92 Å². The Morgan fingerprint density at radius 2 is 1.93 bits per heavy atom. The van der Waals surface area contributed by atoms with Gasteiger partial charge in [-0.15, -0.1) is 11.3 Å². The van der Waals surface area contributed by atoms with Gasteiger partial charge in [0.1, 0.15) is 5.54 Å². The van der Waals surface area contributed by atoms with Gasteiger partial charge in [-0.1, -0.05) is 44.2 Å². The van der Waals surface area contributed by atoms with Gasteiger partial charge < -0.3 is 5.32 Å². The molecule has 1 aliphatic rings. The van der Waals surface area contributed by atoms with E-state index in [1.165, 1.54) is 10.4 Å². The van der Waals surface area contributed by atoms with E-state index < -0.39 is 5.54 Å². The highest BCUT2D eigenvalue weighted by molar-refractivity contribution is 7.10. The Morgan fingerprint density at radius 1 is 1.26 bits per heavy atom. The largest absolute Gasteiger partial charge is 0.337 e. The number of benzene rings is 1. The molecule has 0 saturated heterocycles. The fraction of sp³-hybridized carbons (Fsp3) is 0.455. The first-order chi connectivity index (χ1) is 12.9. The highest BCUT2D eigenvalue weighted by atomic mass is 32.1. The predicted octanol–water partition coefficient (Wildman–Crippen LogP) is 4.36. The summed E-state index contributed by atoms with van der Waals surface area (Å²) in [7, 11) is 0. The Hall–Kier alpha value is -2.16. The van der Waals surface area contributed by atoms with Crippen LogP contribution < -0.4 is 10.6 Å². The summed E-state index contributed by atoms with van der Waals surface area (Å²) in [6.07, 6.45) is 2.02. The molecule has 5 heteroatoms. The molecule has 0 bridgehead atoms. The lowest BCUT2D eigenvalue weighted by molar-refractivity contribution is -0.121. The molecular formula is C22H27N3OS. The zero-order chi connectivity index (χ0) is 19.4. The summed E-state index contributed by atoms with van der Waals surface area (Å²) < 4.78 is 0.